The van der Waals surface area contributed by atoms with Gasteiger partial charge in [-0.05, 0) is 29.4 Å². The van der Waals surface area contributed by atoms with Gasteiger partial charge in [0, 0.05) is 18.7 Å². The molecule has 0 aliphatic carbocycles. The number of aliphatic hydroxyl groups is 1. The fourth-order valence-corrected chi connectivity index (χ4v) is 2.30. The van der Waals surface area contributed by atoms with Gasteiger partial charge < -0.3 is 10.4 Å². The fourth-order valence-electron chi connectivity index (χ4n) is 2.30. The van der Waals surface area contributed by atoms with E-state index in [9.17, 15) is 4.79 Å². The summed E-state index contributed by atoms with van der Waals surface area (Å²) in [4.78, 5) is 12.4. The Kier molecular flexibility index (Phi) is 6.21. The molecule has 0 aromatic heterocycles. The van der Waals surface area contributed by atoms with E-state index < -0.39 is 0 Å². The number of hydrogen-bond acceptors (Lipinski definition) is 2. The Labute approximate surface area is 122 Å². The zero-order valence-electron chi connectivity index (χ0n) is 13.1. The van der Waals surface area contributed by atoms with Crippen LogP contribution in [0.2, 0.25) is 0 Å². The van der Waals surface area contributed by atoms with Crippen molar-refractivity contribution in [2.24, 2.45) is 5.92 Å². The SMILES string of the molecule is CCC(CCO)CNC(=O)c1ccccc1C(C)(C)C. The molecule has 1 amide bonds. The van der Waals surface area contributed by atoms with Crippen LogP contribution in [0.15, 0.2) is 24.3 Å². The van der Waals surface area contributed by atoms with Crippen LogP contribution < -0.4 is 5.32 Å². The summed E-state index contributed by atoms with van der Waals surface area (Å²) in [6, 6.07) is 7.76. The summed E-state index contributed by atoms with van der Waals surface area (Å²) >= 11 is 0. The first kappa shape index (κ1) is 16.7. The second kappa shape index (κ2) is 7.44. The molecule has 0 aliphatic rings. The minimum atomic E-state index is -0.0524. The number of carbonyl (C=O) groups excluding carboxylic acids is 1. The molecule has 1 unspecified atom stereocenters. The van der Waals surface area contributed by atoms with Gasteiger partial charge in [0.1, 0.15) is 0 Å². The number of hydrogen-bond donors (Lipinski definition) is 2. The Bertz CT molecular complexity index is 435. The molecule has 1 rings (SSSR count). The number of benzene rings is 1. The van der Waals surface area contributed by atoms with E-state index in [0.29, 0.717) is 12.5 Å². The summed E-state index contributed by atoms with van der Waals surface area (Å²) in [5, 5.41) is 12.0. The van der Waals surface area contributed by atoms with Crippen LogP contribution in [0, 0.1) is 5.92 Å². The van der Waals surface area contributed by atoms with Crippen LogP contribution in [0.4, 0.5) is 0 Å². The summed E-state index contributed by atoms with van der Waals surface area (Å²) in [5.41, 5.74) is 1.76. The van der Waals surface area contributed by atoms with Crippen LogP contribution in [-0.2, 0) is 5.41 Å². The van der Waals surface area contributed by atoms with Crippen molar-refractivity contribution in [3.63, 3.8) is 0 Å². The van der Waals surface area contributed by atoms with E-state index in [4.69, 9.17) is 5.11 Å². The quantitative estimate of drug-likeness (QED) is 0.839. The van der Waals surface area contributed by atoms with Crippen LogP contribution in [0.5, 0.6) is 0 Å². The number of carbonyl (C=O) groups is 1. The Balaban J connectivity index is 2.78. The maximum atomic E-state index is 12.4. The third-order valence-electron chi connectivity index (χ3n) is 3.65. The fraction of sp³-hybridized carbons (Fsp3) is 0.588. The summed E-state index contributed by atoms with van der Waals surface area (Å²) < 4.78 is 0. The maximum absolute atomic E-state index is 12.4. The molecule has 2 N–H and O–H groups in total. The van der Waals surface area contributed by atoms with Crippen molar-refractivity contribution in [2.45, 2.75) is 46.0 Å². The summed E-state index contributed by atoms with van der Waals surface area (Å²) in [6.07, 6.45) is 1.69. The van der Waals surface area contributed by atoms with E-state index in [-0.39, 0.29) is 17.9 Å². The van der Waals surface area contributed by atoms with E-state index in [1.54, 1.807) is 0 Å². The van der Waals surface area contributed by atoms with Crippen LogP contribution in [0.1, 0.15) is 56.5 Å². The third-order valence-corrected chi connectivity index (χ3v) is 3.65. The molecule has 1 aromatic rings. The molecule has 3 nitrogen and oxygen atoms in total. The summed E-state index contributed by atoms with van der Waals surface area (Å²) in [6.45, 7) is 9.20. The third kappa shape index (κ3) is 4.64. The molecule has 3 heteroatoms. The molecule has 0 heterocycles. The predicted octanol–water partition coefficient (Wildman–Crippen LogP) is 3.12. The average Bonchev–Trinajstić information content (AvgIpc) is 2.42. The van der Waals surface area contributed by atoms with Gasteiger partial charge in [0.05, 0.1) is 0 Å². The summed E-state index contributed by atoms with van der Waals surface area (Å²) in [5.74, 6) is 0.317. The van der Waals surface area contributed by atoms with E-state index in [0.717, 1.165) is 24.0 Å². The highest BCUT2D eigenvalue weighted by Crippen LogP contribution is 2.25. The van der Waals surface area contributed by atoms with Crippen molar-refractivity contribution in [2.75, 3.05) is 13.2 Å². The topological polar surface area (TPSA) is 49.3 Å². The number of aliphatic hydroxyl groups excluding tert-OH is 1. The second-order valence-corrected chi connectivity index (χ2v) is 6.29. The highest BCUT2D eigenvalue weighted by molar-refractivity contribution is 5.96. The maximum Gasteiger partial charge on any atom is 0.251 e. The average molecular weight is 277 g/mol. The lowest BCUT2D eigenvalue weighted by Gasteiger charge is -2.23. The molecule has 0 fully saturated rings. The van der Waals surface area contributed by atoms with Crippen molar-refractivity contribution >= 4 is 5.91 Å². The van der Waals surface area contributed by atoms with E-state index in [1.165, 1.54) is 0 Å². The van der Waals surface area contributed by atoms with Crippen molar-refractivity contribution in [1.29, 1.82) is 0 Å². The first-order chi connectivity index (χ1) is 9.40. The molecule has 0 saturated carbocycles. The van der Waals surface area contributed by atoms with Gasteiger partial charge in [-0.2, -0.15) is 0 Å². The molecule has 0 saturated heterocycles. The molecule has 0 bridgehead atoms. The van der Waals surface area contributed by atoms with Crippen LogP contribution in [0.3, 0.4) is 0 Å². The van der Waals surface area contributed by atoms with E-state index in [1.807, 2.05) is 24.3 Å². The van der Waals surface area contributed by atoms with Crippen LogP contribution in [0.25, 0.3) is 0 Å². The van der Waals surface area contributed by atoms with E-state index >= 15 is 0 Å². The standard InChI is InChI=1S/C17H27NO2/c1-5-13(10-11-19)12-18-16(20)14-8-6-7-9-15(14)17(2,3)4/h6-9,13,19H,5,10-12H2,1-4H3,(H,18,20). The molecule has 0 spiro atoms. The lowest BCUT2D eigenvalue weighted by Crippen LogP contribution is -2.31. The second-order valence-electron chi connectivity index (χ2n) is 6.29. The van der Waals surface area contributed by atoms with Crippen molar-refractivity contribution < 1.29 is 9.90 Å². The minimum Gasteiger partial charge on any atom is -0.396 e. The highest BCUT2D eigenvalue weighted by atomic mass is 16.3. The van der Waals surface area contributed by atoms with Crippen LogP contribution in [-0.4, -0.2) is 24.2 Å². The molecule has 1 aromatic carbocycles. The molecule has 112 valence electrons. The normalized spacial score (nSPS) is 13.1. The number of amides is 1. The van der Waals surface area contributed by atoms with Crippen molar-refractivity contribution in [3.8, 4) is 0 Å². The number of nitrogens with one attached hydrogen (secondary N) is 1. The molecular weight excluding hydrogens is 250 g/mol. The predicted molar refractivity (Wildman–Crippen MR) is 83.0 cm³/mol. The zero-order valence-corrected chi connectivity index (χ0v) is 13.1. The van der Waals surface area contributed by atoms with Gasteiger partial charge in [0.15, 0.2) is 0 Å². The molecule has 20 heavy (non-hydrogen) atoms. The first-order valence-electron chi connectivity index (χ1n) is 7.38. The van der Waals surface area contributed by atoms with Crippen molar-refractivity contribution in [3.05, 3.63) is 35.4 Å². The highest BCUT2D eigenvalue weighted by Gasteiger charge is 2.21. The van der Waals surface area contributed by atoms with Gasteiger partial charge in [-0.3, -0.25) is 4.79 Å². The minimum absolute atomic E-state index is 0.0214. The number of rotatable bonds is 6. The van der Waals surface area contributed by atoms with Gasteiger partial charge >= 0.3 is 0 Å². The largest absolute Gasteiger partial charge is 0.396 e. The van der Waals surface area contributed by atoms with Gasteiger partial charge in [0.2, 0.25) is 0 Å². The molecule has 0 aliphatic heterocycles. The lowest BCUT2D eigenvalue weighted by molar-refractivity contribution is 0.0941. The van der Waals surface area contributed by atoms with Gasteiger partial charge in [-0.15, -0.1) is 0 Å². The smallest absolute Gasteiger partial charge is 0.251 e. The Hall–Kier alpha value is -1.35. The monoisotopic (exact) mass is 277 g/mol. The first-order valence-corrected chi connectivity index (χ1v) is 7.38. The molecular formula is C17H27NO2. The van der Waals surface area contributed by atoms with Crippen molar-refractivity contribution in [1.82, 2.24) is 5.32 Å². The van der Waals surface area contributed by atoms with Gasteiger partial charge in [-0.25, -0.2) is 0 Å². The Morgan fingerprint density at radius 2 is 1.95 bits per heavy atom. The lowest BCUT2D eigenvalue weighted by atomic mass is 9.83. The Morgan fingerprint density at radius 1 is 1.30 bits per heavy atom. The summed E-state index contributed by atoms with van der Waals surface area (Å²) in [7, 11) is 0. The molecule has 1 atom stereocenters. The van der Waals surface area contributed by atoms with Gasteiger partial charge in [-0.1, -0.05) is 52.3 Å². The van der Waals surface area contributed by atoms with Crippen LogP contribution >= 0.6 is 0 Å². The van der Waals surface area contributed by atoms with E-state index in [2.05, 4.69) is 33.0 Å². The Morgan fingerprint density at radius 3 is 2.50 bits per heavy atom. The van der Waals surface area contributed by atoms with Gasteiger partial charge in [0.25, 0.3) is 5.91 Å². The molecule has 0 radical (unpaired) electrons. The zero-order chi connectivity index (χ0) is 15.2.